The number of nitrogens with zero attached hydrogens (tertiary/aromatic N) is 3. The number of esters is 1. The fraction of sp³-hybridized carbons (Fsp3) is 0.368. The maximum Gasteiger partial charge on any atom is 0.343 e. The largest absolute Gasteiger partial charge is 0.475 e. The molecule has 1 N–H and O–H groups in total. The molecule has 0 radical (unpaired) electrons. The summed E-state index contributed by atoms with van der Waals surface area (Å²) in [5.74, 6) is -0.554. The highest BCUT2D eigenvalue weighted by Gasteiger charge is 2.25. The molecule has 29 heavy (non-hydrogen) atoms. The van der Waals surface area contributed by atoms with Gasteiger partial charge < -0.3 is 14.8 Å². The first kappa shape index (κ1) is 22.5. The van der Waals surface area contributed by atoms with Gasteiger partial charge in [0.15, 0.2) is 12.4 Å². The van der Waals surface area contributed by atoms with Gasteiger partial charge in [0.25, 0.3) is 0 Å². The zero-order chi connectivity index (χ0) is 19.9. The molecule has 1 saturated heterocycles. The Balaban J connectivity index is 0.00000300. The molecule has 2 heterocycles. The Morgan fingerprint density at radius 2 is 2.24 bits per heavy atom. The SMILES string of the molecule is COC(=O)COc1ccc(CN2CCNCC2c2cccnc2)cc1[N+](=O)[O-].Cl. The van der Waals surface area contributed by atoms with Crippen LogP contribution in [0.2, 0.25) is 0 Å². The number of nitro benzene ring substituents is 1. The minimum absolute atomic E-state index is 0. The van der Waals surface area contributed by atoms with Gasteiger partial charge in [-0.15, -0.1) is 12.4 Å². The number of aromatic nitrogens is 1. The zero-order valence-electron chi connectivity index (χ0n) is 15.9. The average molecular weight is 423 g/mol. The lowest BCUT2D eigenvalue weighted by Gasteiger charge is -2.36. The van der Waals surface area contributed by atoms with Gasteiger partial charge in [-0.2, -0.15) is 0 Å². The van der Waals surface area contributed by atoms with Gasteiger partial charge in [-0.3, -0.25) is 20.0 Å². The molecule has 1 fully saturated rings. The Labute approximate surface area is 174 Å². The molecule has 0 spiro atoms. The molecule has 1 aromatic carbocycles. The van der Waals surface area contributed by atoms with Gasteiger partial charge in [-0.1, -0.05) is 12.1 Å². The molecule has 0 bridgehead atoms. The predicted molar refractivity (Wildman–Crippen MR) is 108 cm³/mol. The molecular formula is C19H23ClN4O5. The number of piperazine rings is 1. The van der Waals surface area contributed by atoms with E-state index in [-0.39, 0.29) is 36.5 Å². The van der Waals surface area contributed by atoms with Crippen molar-refractivity contribution in [3.63, 3.8) is 0 Å². The van der Waals surface area contributed by atoms with E-state index in [1.54, 1.807) is 12.3 Å². The predicted octanol–water partition coefficient (Wildman–Crippen LogP) is 2.11. The van der Waals surface area contributed by atoms with E-state index in [1.165, 1.54) is 19.2 Å². The van der Waals surface area contributed by atoms with Crippen molar-refractivity contribution in [1.29, 1.82) is 0 Å². The quantitative estimate of drug-likeness (QED) is 0.410. The third-order valence-corrected chi connectivity index (χ3v) is 4.60. The number of ether oxygens (including phenoxy) is 2. The van der Waals surface area contributed by atoms with E-state index in [1.807, 2.05) is 18.3 Å². The summed E-state index contributed by atoms with van der Waals surface area (Å²) in [4.78, 5) is 28.6. The van der Waals surface area contributed by atoms with E-state index in [4.69, 9.17) is 4.74 Å². The lowest BCUT2D eigenvalue weighted by molar-refractivity contribution is -0.385. The van der Waals surface area contributed by atoms with E-state index in [2.05, 4.69) is 19.9 Å². The van der Waals surface area contributed by atoms with E-state index in [0.717, 1.165) is 30.8 Å². The molecule has 156 valence electrons. The van der Waals surface area contributed by atoms with Crippen molar-refractivity contribution in [3.8, 4) is 5.75 Å². The van der Waals surface area contributed by atoms with Crippen molar-refractivity contribution < 1.29 is 19.2 Å². The summed E-state index contributed by atoms with van der Waals surface area (Å²) in [5, 5.41) is 14.8. The summed E-state index contributed by atoms with van der Waals surface area (Å²) in [6.45, 7) is 2.62. The molecule has 1 aliphatic rings. The Bertz CT molecular complexity index is 837. The Hall–Kier alpha value is -2.75. The van der Waals surface area contributed by atoms with Crippen molar-refractivity contribution in [2.24, 2.45) is 0 Å². The molecule has 2 aromatic rings. The normalized spacial score (nSPS) is 16.5. The van der Waals surface area contributed by atoms with Crippen LogP contribution in [0.15, 0.2) is 42.7 Å². The van der Waals surface area contributed by atoms with Crippen LogP contribution in [0.4, 0.5) is 5.69 Å². The van der Waals surface area contributed by atoms with Gasteiger partial charge in [0, 0.05) is 50.7 Å². The molecule has 3 rings (SSSR count). The number of hydrogen-bond donors (Lipinski definition) is 1. The molecule has 1 aliphatic heterocycles. The highest BCUT2D eigenvalue weighted by molar-refractivity contribution is 5.85. The Morgan fingerprint density at radius 1 is 1.41 bits per heavy atom. The van der Waals surface area contributed by atoms with E-state index >= 15 is 0 Å². The summed E-state index contributed by atoms with van der Waals surface area (Å²) in [7, 11) is 1.23. The molecule has 9 nitrogen and oxygen atoms in total. The van der Waals surface area contributed by atoms with Crippen molar-refractivity contribution in [1.82, 2.24) is 15.2 Å². The van der Waals surface area contributed by atoms with Crippen molar-refractivity contribution >= 4 is 24.1 Å². The molecule has 1 unspecified atom stereocenters. The Kier molecular flexibility index (Phi) is 8.32. The lowest BCUT2D eigenvalue weighted by Crippen LogP contribution is -2.45. The number of rotatable bonds is 7. The van der Waals surface area contributed by atoms with Crippen LogP contribution in [0.3, 0.4) is 0 Å². The monoisotopic (exact) mass is 422 g/mol. The number of halogens is 1. The maximum atomic E-state index is 11.4. The smallest absolute Gasteiger partial charge is 0.343 e. The summed E-state index contributed by atoms with van der Waals surface area (Å²) in [6, 6.07) is 8.87. The third kappa shape index (κ3) is 5.86. The van der Waals surface area contributed by atoms with Crippen LogP contribution in [0.5, 0.6) is 5.75 Å². The summed E-state index contributed by atoms with van der Waals surface area (Å²) in [6.07, 6.45) is 3.58. The van der Waals surface area contributed by atoms with E-state index < -0.39 is 10.9 Å². The molecule has 1 atom stereocenters. The molecule has 0 saturated carbocycles. The van der Waals surface area contributed by atoms with E-state index in [9.17, 15) is 14.9 Å². The molecule has 0 amide bonds. The van der Waals surface area contributed by atoms with Crippen molar-refractivity contribution in [2.75, 3.05) is 33.4 Å². The maximum absolute atomic E-state index is 11.4. The molecular weight excluding hydrogens is 400 g/mol. The third-order valence-electron chi connectivity index (χ3n) is 4.60. The number of nitro groups is 1. The molecule has 1 aromatic heterocycles. The first-order valence-electron chi connectivity index (χ1n) is 8.90. The number of carbonyl (C=O) groups is 1. The first-order valence-corrected chi connectivity index (χ1v) is 8.90. The number of pyridine rings is 1. The van der Waals surface area contributed by atoms with Crippen molar-refractivity contribution in [3.05, 3.63) is 64.0 Å². The van der Waals surface area contributed by atoms with Crippen LogP contribution in [-0.4, -0.2) is 54.1 Å². The van der Waals surface area contributed by atoms with Crippen LogP contribution in [0.1, 0.15) is 17.2 Å². The van der Waals surface area contributed by atoms with Crippen LogP contribution >= 0.6 is 12.4 Å². The highest BCUT2D eigenvalue weighted by atomic mass is 35.5. The number of hydrogen-bond acceptors (Lipinski definition) is 8. The second kappa shape index (κ2) is 10.7. The minimum atomic E-state index is -0.599. The standard InChI is InChI=1S/C19H22N4O5.ClH/c1-27-19(24)13-28-18-5-4-14(9-16(18)23(25)26)12-22-8-7-21-11-17(22)15-3-2-6-20-10-15;/h2-6,9-10,17,21H,7-8,11-13H2,1H3;1H. The molecule has 0 aliphatic carbocycles. The van der Waals surface area contributed by atoms with Gasteiger partial charge in [-0.25, -0.2) is 4.79 Å². The van der Waals surface area contributed by atoms with Gasteiger partial charge in [-0.05, 0) is 23.3 Å². The van der Waals surface area contributed by atoms with E-state index in [0.29, 0.717) is 6.54 Å². The minimum Gasteiger partial charge on any atom is -0.475 e. The summed E-state index contributed by atoms with van der Waals surface area (Å²) >= 11 is 0. The lowest BCUT2D eigenvalue weighted by atomic mass is 10.0. The zero-order valence-corrected chi connectivity index (χ0v) is 16.8. The first-order chi connectivity index (χ1) is 13.6. The van der Waals surface area contributed by atoms with Crippen LogP contribution in [0, 0.1) is 10.1 Å². The number of methoxy groups -OCH3 is 1. The summed E-state index contributed by atoms with van der Waals surface area (Å²) in [5.41, 5.74) is 1.73. The fourth-order valence-corrected chi connectivity index (χ4v) is 3.19. The average Bonchev–Trinajstić information content (AvgIpc) is 2.73. The van der Waals surface area contributed by atoms with Gasteiger partial charge >= 0.3 is 11.7 Å². The van der Waals surface area contributed by atoms with Crippen LogP contribution in [-0.2, 0) is 16.1 Å². The number of nitrogens with one attached hydrogen (secondary N) is 1. The van der Waals surface area contributed by atoms with Gasteiger partial charge in [0.05, 0.1) is 12.0 Å². The number of carbonyl (C=O) groups excluding carboxylic acids is 1. The van der Waals surface area contributed by atoms with Crippen molar-refractivity contribution in [2.45, 2.75) is 12.6 Å². The number of benzene rings is 1. The fourth-order valence-electron chi connectivity index (χ4n) is 3.19. The Morgan fingerprint density at radius 3 is 2.93 bits per heavy atom. The molecule has 10 heteroatoms. The van der Waals surface area contributed by atoms with Gasteiger partial charge in [0.1, 0.15) is 0 Å². The van der Waals surface area contributed by atoms with Crippen LogP contribution < -0.4 is 10.1 Å². The second-order valence-electron chi connectivity index (χ2n) is 6.40. The summed E-state index contributed by atoms with van der Waals surface area (Å²) < 4.78 is 9.74. The topological polar surface area (TPSA) is 107 Å². The van der Waals surface area contributed by atoms with Crippen LogP contribution in [0.25, 0.3) is 0 Å². The highest BCUT2D eigenvalue weighted by Crippen LogP contribution is 2.30. The second-order valence-corrected chi connectivity index (χ2v) is 6.40. The van der Waals surface area contributed by atoms with Gasteiger partial charge in [0.2, 0.25) is 0 Å².